The van der Waals surface area contributed by atoms with E-state index in [0.29, 0.717) is 18.5 Å². The van der Waals surface area contributed by atoms with Crippen LogP contribution in [0.1, 0.15) is 23.0 Å². The van der Waals surface area contributed by atoms with E-state index in [4.69, 9.17) is 0 Å². The van der Waals surface area contributed by atoms with Crippen molar-refractivity contribution in [1.29, 1.82) is 0 Å². The molecule has 6 heteroatoms. The molecule has 134 valence electrons. The fourth-order valence-corrected chi connectivity index (χ4v) is 2.79. The third kappa shape index (κ3) is 4.27. The fraction of sp³-hybridized carbons (Fsp3) is 0.200. The number of imidazole rings is 1. The van der Waals surface area contributed by atoms with Gasteiger partial charge >= 0.3 is 6.03 Å². The molecule has 0 bridgehead atoms. The topological polar surface area (TPSA) is 59.0 Å². The number of nitrogens with zero attached hydrogens (tertiary/aromatic N) is 2. The number of amides is 2. The van der Waals surface area contributed by atoms with Crippen molar-refractivity contribution in [3.8, 4) is 0 Å². The number of carbonyl (C=O) groups is 1. The Morgan fingerprint density at radius 1 is 1.15 bits per heavy atom. The van der Waals surface area contributed by atoms with Crippen molar-refractivity contribution < 1.29 is 9.18 Å². The van der Waals surface area contributed by atoms with Gasteiger partial charge in [0.1, 0.15) is 17.7 Å². The van der Waals surface area contributed by atoms with E-state index >= 15 is 0 Å². The van der Waals surface area contributed by atoms with E-state index in [1.807, 2.05) is 48.1 Å². The van der Waals surface area contributed by atoms with Crippen LogP contribution in [-0.4, -0.2) is 22.1 Å². The second-order valence-electron chi connectivity index (χ2n) is 5.98. The summed E-state index contributed by atoms with van der Waals surface area (Å²) in [6.45, 7) is 0.342. The van der Waals surface area contributed by atoms with E-state index in [1.54, 1.807) is 24.4 Å². The van der Waals surface area contributed by atoms with Crippen molar-refractivity contribution in [3.05, 3.63) is 89.8 Å². The van der Waals surface area contributed by atoms with Crippen LogP contribution in [0.15, 0.2) is 67.0 Å². The summed E-state index contributed by atoms with van der Waals surface area (Å²) in [5.41, 5.74) is 1.52. The quantitative estimate of drug-likeness (QED) is 0.716. The van der Waals surface area contributed by atoms with Crippen LogP contribution >= 0.6 is 0 Å². The molecule has 26 heavy (non-hydrogen) atoms. The SMILES string of the molecule is Cn1ccnc1C(NC(=O)NCCc1ccccc1F)c1ccccc1. The molecule has 0 spiro atoms. The van der Waals surface area contributed by atoms with Crippen LogP contribution in [-0.2, 0) is 13.5 Å². The first-order chi connectivity index (χ1) is 12.6. The minimum atomic E-state index is -0.371. The van der Waals surface area contributed by atoms with Crippen molar-refractivity contribution in [1.82, 2.24) is 20.2 Å². The standard InChI is InChI=1S/C20H21FN4O/c1-25-14-13-22-19(25)18(16-8-3-2-4-9-16)24-20(26)23-12-11-15-7-5-6-10-17(15)21/h2-10,13-14,18H,11-12H2,1H3,(H2,23,24,26). The van der Waals surface area contributed by atoms with Crippen molar-refractivity contribution in [2.45, 2.75) is 12.5 Å². The first-order valence-electron chi connectivity index (χ1n) is 8.45. The van der Waals surface area contributed by atoms with E-state index in [0.717, 1.165) is 11.4 Å². The third-order valence-electron chi connectivity index (χ3n) is 4.16. The summed E-state index contributed by atoms with van der Waals surface area (Å²) >= 11 is 0. The molecule has 1 unspecified atom stereocenters. The lowest BCUT2D eigenvalue weighted by atomic mass is 10.1. The van der Waals surface area contributed by atoms with Crippen LogP contribution in [0.4, 0.5) is 9.18 Å². The molecule has 1 atom stereocenters. The molecule has 0 aliphatic carbocycles. The molecule has 0 fully saturated rings. The smallest absolute Gasteiger partial charge is 0.315 e. The minimum absolute atomic E-state index is 0.259. The van der Waals surface area contributed by atoms with E-state index in [-0.39, 0.29) is 17.9 Å². The van der Waals surface area contributed by atoms with Gasteiger partial charge in [-0.3, -0.25) is 0 Å². The first-order valence-corrected chi connectivity index (χ1v) is 8.45. The van der Waals surface area contributed by atoms with Gasteiger partial charge in [-0.25, -0.2) is 14.2 Å². The van der Waals surface area contributed by atoms with E-state index < -0.39 is 0 Å². The van der Waals surface area contributed by atoms with Crippen LogP contribution in [0.25, 0.3) is 0 Å². The van der Waals surface area contributed by atoms with Crippen molar-refractivity contribution in [2.24, 2.45) is 7.05 Å². The minimum Gasteiger partial charge on any atom is -0.338 e. The van der Waals surface area contributed by atoms with Crippen LogP contribution in [0.3, 0.4) is 0 Å². The van der Waals surface area contributed by atoms with Gasteiger partial charge in [0.05, 0.1) is 0 Å². The molecular weight excluding hydrogens is 331 g/mol. The fourth-order valence-electron chi connectivity index (χ4n) is 2.79. The van der Waals surface area contributed by atoms with Crippen molar-refractivity contribution in [2.75, 3.05) is 6.54 Å². The molecule has 3 aromatic rings. The molecule has 3 rings (SSSR count). The summed E-state index contributed by atoms with van der Waals surface area (Å²) in [6.07, 6.45) is 3.96. The predicted octanol–water partition coefficient (Wildman–Crippen LogP) is 3.19. The molecule has 0 aliphatic rings. The van der Waals surface area contributed by atoms with Gasteiger partial charge in [-0.15, -0.1) is 0 Å². The van der Waals surface area contributed by atoms with Crippen LogP contribution < -0.4 is 10.6 Å². The molecule has 2 N–H and O–H groups in total. The Hall–Kier alpha value is -3.15. The maximum Gasteiger partial charge on any atom is 0.315 e. The Bertz CT molecular complexity index is 863. The molecule has 2 amide bonds. The Morgan fingerprint density at radius 3 is 2.58 bits per heavy atom. The van der Waals surface area contributed by atoms with Gasteiger partial charge in [0.2, 0.25) is 0 Å². The average Bonchev–Trinajstić information content (AvgIpc) is 3.08. The Kier molecular flexibility index (Phi) is 5.63. The average molecular weight is 352 g/mol. The largest absolute Gasteiger partial charge is 0.338 e. The molecule has 0 saturated heterocycles. The molecule has 5 nitrogen and oxygen atoms in total. The normalized spacial score (nSPS) is 11.8. The van der Waals surface area contributed by atoms with Gasteiger partial charge < -0.3 is 15.2 Å². The molecule has 2 aromatic carbocycles. The summed E-state index contributed by atoms with van der Waals surface area (Å²) in [5, 5.41) is 5.74. The van der Waals surface area contributed by atoms with Crippen LogP contribution in [0, 0.1) is 5.82 Å². The summed E-state index contributed by atoms with van der Waals surface area (Å²) in [6, 6.07) is 15.5. The molecule has 1 aromatic heterocycles. The van der Waals surface area contributed by atoms with Gasteiger partial charge in [-0.05, 0) is 23.6 Å². The number of urea groups is 1. The highest BCUT2D eigenvalue weighted by Crippen LogP contribution is 2.19. The van der Waals surface area contributed by atoms with Gasteiger partial charge in [0.15, 0.2) is 0 Å². The maximum atomic E-state index is 13.6. The van der Waals surface area contributed by atoms with E-state index in [9.17, 15) is 9.18 Å². The number of halogens is 1. The van der Waals surface area contributed by atoms with E-state index in [1.165, 1.54) is 6.07 Å². The molecule has 0 aliphatic heterocycles. The monoisotopic (exact) mass is 352 g/mol. The summed E-state index contributed by atoms with van der Waals surface area (Å²) < 4.78 is 15.5. The maximum absolute atomic E-state index is 13.6. The predicted molar refractivity (Wildman–Crippen MR) is 98.1 cm³/mol. The first kappa shape index (κ1) is 17.7. The summed E-state index contributed by atoms with van der Waals surface area (Å²) in [4.78, 5) is 16.7. The summed E-state index contributed by atoms with van der Waals surface area (Å²) in [7, 11) is 1.88. The van der Waals surface area contributed by atoms with Gasteiger partial charge in [-0.2, -0.15) is 0 Å². The highest BCUT2D eigenvalue weighted by molar-refractivity contribution is 5.74. The van der Waals surface area contributed by atoms with Crippen molar-refractivity contribution >= 4 is 6.03 Å². The Morgan fingerprint density at radius 2 is 1.88 bits per heavy atom. The second-order valence-corrected chi connectivity index (χ2v) is 5.98. The summed E-state index contributed by atoms with van der Waals surface area (Å²) in [5.74, 6) is 0.477. The van der Waals surface area contributed by atoms with E-state index in [2.05, 4.69) is 15.6 Å². The Balaban J connectivity index is 1.64. The molecule has 0 saturated carbocycles. The molecular formula is C20H21FN4O. The van der Waals surface area contributed by atoms with Gasteiger partial charge in [0, 0.05) is 26.0 Å². The lowest BCUT2D eigenvalue weighted by molar-refractivity contribution is 0.238. The zero-order valence-corrected chi connectivity index (χ0v) is 14.5. The van der Waals surface area contributed by atoms with Gasteiger partial charge in [-0.1, -0.05) is 48.5 Å². The van der Waals surface area contributed by atoms with Crippen LogP contribution in [0.2, 0.25) is 0 Å². The lowest BCUT2D eigenvalue weighted by Crippen LogP contribution is -2.40. The number of carbonyl (C=O) groups excluding carboxylic acids is 1. The zero-order chi connectivity index (χ0) is 18.4. The third-order valence-corrected chi connectivity index (χ3v) is 4.16. The molecule has 1 heterocycles. The number of aromatic nitrogens is 2. The highest BCUT2D eigenvalue weighted by atomic mass is 19.1. The molecule has 0 radical (unpaired) electrons. The Labute approximate surface area is 151 Å². The lowest BCUT2D eigenvalue weighted by Gasteiger charge is -2.19. The van der Waals surface area contributed by atoms with Gasteiger partial charge in [0.25, 0.3) is 0 Å². The number of hydrogen-bond acceptors (Lipinski definition) is 2. The number of aryl methyl sites for hydroxylation is 1. The number of rotatable bonds is 6. The number of hydrogen-bond donors (Lipinski definition) is 2. The number of nitrogens with one attached hydrogen (secondary N) is 2. The number of benzene rings is 2. The second kappa shape index (κ2) is 8.29. The van der Waals surface area contributed by atoms with Crippen LogP contribution in [0.5, 0.6) is 0 Å². The van der Waals surface area contributed by atoms with Crippen molar-refractivity contribution in [3.63, 3.8) is 0 Å². The zero-order valence-electron chi connectivity index (χ0n) is 14.5. The highest BCUT2D eigenvalue weighted by Gasteiger charge is 2.20.